The summed E-state index contributed by atoms with van der Waals surface area (Å²) in [6, 6.07) is 20.4. The van der Waals surface area contributed by atoms with Gasteiger partial charge in [-0.25, -0.2) is 0 Å². The van der Waals surface area contributed by atoms with Crippen LogP contribution in [0.3, 0.4) is 0 Å². The normalized spacial score (nSPS) is 13.2. The largest absolute Gasteiger partial charge is 0.411 e. The SMILES string of the molecule is CC(/C(CCc1ccccc1)=N/O)c1ccccc1. The molecule has 0 amide bonds. The van der Waals surface area contributed by atoms with Crippen LogP contribution in [0, 0.1) is 0 Å². The average molecular weight is 253 g/mol. The number of hydrogen-bond acceptors (Lipinski definition) is 2. The van der Waals surface area contributed by atoms with Gasteiger partial charge in [0, 0.05) is 5.92 Å². The number of nitrogens with zero attached hydrogens (tertiary/aromatic N) is 1. The number of hydrogen-bond donors (Lipinski definition) is 1. The minimum absolute atomic E-state index is 0.148. The quantitative estimate of drug-likeness (QED) is 0.482. The molecule has 98 valence electrons. The highest BCUT2D eigenvalue weighted by atomic mass is 16.4. The number of oxime groups is 1. The lowest BCUT2D eigenvalue weighted by atomic mass is 9.92. The topological polar surface area (TPSA) is 32.6 Å². The van der Waals surface area contributed by atoms with Crippen LogP contribution in [0.4, 0.5) is 0 Å². The third kappa shape index (κ3) is 3.68. The molecule has 0 aliphatic carbocycles. The molecule has 1 unspecified atom stereocenters. The van der Waals surface area contributed by atoms with Gasteiger partial charge >= 0.3 is 0 Å². The van der Waals surface area contributed by atoms with E-state index in [0.29, 0.717) is 0 Å². The predicted octanol–water partition coefficient (Wildman–Crippen LogP) is 4.25. The van der Waals surface area contributed by atoms with E-state index < -0.39 is 0 Å². The zero-order chi connectivity index (χ0) is 13.5. The lowest BCUT2D eigenvalue weighted by molar-refractivity contribution is 0.315. The van der Waals surface area contributed by atoms with Crippen LogP contribution in [0.1, 0.15) is 30.4 Å². The summed E-state index contributed by atoms with van der Waals surface area (Å²) in [5.41, 5.74) is 3.28. The molecule has 19 heavy (non-hydrogen) atoms. The smallest absolute Gasteiger partial charge is 0.0645 e. The van der Waals surface area contributed by atoms with Gasteiger partial charge in [-0.2, -0.15) is 0 Å². The van der Waals surface area contributed by atoms with Crippen LogP contribution in [-0.4, -0.2) is 10.9 Å². The van der Waals surface area contributed by atoms with Gasteiger partial charge in [-0.05, 0) is 24.0 Å². The monoisotopic (exact) mass is 253 g/mol. The molecular weight excluding hydrogens is 234 g/mol. The molecule has 0 saturated carbocycles. The molecule has 0 heterocycles. The van der Waals surface area contributed by atoms with E-state index in [1.165, 1.54) is 11.1 Å². The van der Waals surface area contributed by atoms with Gasteiger partial charge < -0.3 is 5.21 Å². The highest BCUT2D eigenvalue weighted by Gasteiger charge is 2.13. The summed E-state index contributed by atoms with van der Waals surface area (Å²) in [6.45, 7) is 2.08. The van der Waals surface area contributed by atoms with E-state index in [0.717, 1.165) is 18.6 Å². The van der Waals surface area contributed by atoms with E-state index in [-0.39, 0.29) is 5.92 Å². The summed E-state index contributed by atoms with van der Waals surface area (Å²) in [6.07, 6.45) is 1.67. The van der Waals surface area contributed by atoms with E-state index in [1.807, 2.05) is 36.4 Å². The first-order valence-corrected chi connectivity index (χ1v) is 6.61. The molecule has 1 atom stereocenters. The molecule has 0 aliphatic rings. The Hall–Kier alpha value is -2.09. The molecule has 0 aliphatic heterocycles. The Kier molecular flexibility index (Phi) is 4.73. The molecule has 0 spiro atoms. The van der Waals surface area contributed by atoms with Crippen LogP contribution < -0.4 is 0 Å². The van der Waals surface area contributed by atoms with Crippen molar-refractivity contribution in [3.8, 4) is 0 Å². The average Bonchev–Trinajstić information content (AvgIpc) is 2.49. The summed E-state index contributed by atoms with van der Waals surface area (Å²) >= 11 is 0. The molecule has 0 saturated heterocycles. The highest BCUT2D eigenvalue weighted by molar-refractivity contribution is 5.90. The summed E-state index contributed by atoms with van der Waals surface area (Å²) < 4.78 is 0. The second-order valence-corrected chi connectivity index (χ2v) is 4.71. The maximum atomic E-state index is 9.22. The van der Waals surface area contributed by atoms with Crippen molar-refractivity contribution in [3.05, 3.63) is 71.8 Å². The molecule has 2 heteroatoms. The maximum absolute atomic E-state index is 9.22. The lowest BCUT2D eigenvalue weighted by Gasteiger charge is -2.13. The van der Waals surface area contributed by atoms with E-state index in [9.17, 15) is 5.21 Å². The van der Waals surface area contributed by atoms with Crippen molar-refractivity contribution < 1.29 is 5.21 Å². The molecule has 2 rings (SSSR count). The zero-order valence-corrected chi connectivity index (χ0v) is 11.2. The van der Waals surface area contributed by atoms with E-state index in [4.69, 9.17) is 0 Å². The number of aryl methyl sites for hydroxylation is 1. The number of rotatable bonds is 5. The van der Waals surface area contributed by atoms with Crippen molar-refractivity contribution in [2.75, 3.05) is 0 Å². The van der Waals surface area contributed by atoms with Crippen LogP contribution >= 0.6 is 0 Å². The van der Waals surface area contributed by atoms with Crippen LogP contribution in [0.25, 0.3) is 0 Å². The van der Waals surface area contributed by atoms with Gasteiger partial charge in [0.1, 0.15) is 0 Å². The van der Waals surface area contributed by atoms with Gasteiger partial charge in [0.2, 0.25) is 0 Å². The molecule has 2 aromatic rings. The van der Waals surface area contributed by atoms with Crippen molar-refractivity contribution in [1.29, 1.82) is 0 Å². The Morgan fingerprint density at radius 3 is 2.16 bits per heavy atom. The van der Waals surface area contributed by atoms with Crippen molar-refractivity contribution in [2.45, 2.75) is 25.7 Å². The number of benzene rings is 2. The summed E-state index contributed by atoms with van der Waals surface area (Å²) in [7, 11) is 0. The van der Waals surface area contributed by atoms with Gasteiger partial charge in [0.25, 0.3) is 0 Å². The third-order valence-corrected chi connectivity index (χ3v) is 3.44. The Balaban J connectivity index is 2.01. The Morgan fingerprint density at radius 2 is 1.58 bits per heavy atom. The zero-order valence-electron chi connectivity index (χ0n) is 11.2. The first-order valence-electron chi connectivity index (χ1n) is 6.61. The highest BCUT2D eigenvalue weighted by Crippen LogP contribution is 2.19. The maximum Gasteiger partial charge on any atom is 0.0645 e. The first kappa shape index (κ1) is 13.3. The van der Waals surface area contributed by atoms with Crippen LogP contribution in [0.5, 0.6) is 0 Å². The molecule has 1 N–H and O–H groups in total. The van der Waals surface area contributed by atoms with Crippen molar-refractivity contribution in [1.82, 2.24) is 0 Å². The van der Waals surface area contributed by atoms with Gasteiger partial charge in [-0.3, -0.25) is 0 Å². The van der Waals surface area contributed by atoms with Gasteiger partial charge in [0.05, 0.1) is 5.71 Å². The van der Waals surface area contributed by atoms with Crippen LogP contribution in [0.2, 0.25) is 0 Å². The molecule has 2 nitrogen and oxygen atoms in total. The van der Waals surface area contributed by atoms with E-state index in [2.05, 4.69) is 36.3 Å². The van der Waals surface area contributed by atoms with Crippen LogP contribution in [0.15, 0.2) is 65.8 Å². The lowest BCUT2D eigenvalue weighted by Crippen LogP contribution is -2.10. The van der Waals surface area contributed by atoms with Gasteiger partial charge in [-0.15, -0.1) is 0 Å². The van der Waals surface area contributed by atoms with Crippen molar-refractivity contribution in [3.63, 3.8) is 0 Å². The molecule has 0 radical (unpaired) electrons. The predicted molar refractivity (Wildman–Crippen MR) is 78.8 cm³/mol. The Morgan fingerprint density at radius 1 is 1.00 bits per heavy atom. The second kappa shape index (κ2) is 6.74. The van der Waals surface area contributed by atoms with E-state index in [1.54, 1.807) is 0 Å². The fourth-order valence-electron chi connectivity index (χ4n) is 2.20. The van der Waals surface area contributed by atoms with Gasteiger partial charge in [-0.1, -0.05) is 72.7 Å². The summed E-state index contributed by atoms with van der Waals surface area (Å²) in [5.74, 6) is 0.148. The van der Waals surface area contributed by atoms with Crippen molar-refractivity contribution >= 4 is 5.71 Å². The second-order valence-electron chi connectivity index (χ2n) is 4.71. The standard InChI is InChI=1S/C17H19NO/c1-14(16-10-6-3-7-11-16)17(18-19)13-12-15-8-4-2-5-9-15/h2-11,14,19H,12-13H2,1H3/b18-17+. The third-order valence-electron chi connectivity index (χ3n) is 3.44. The van der Waals surface area contributed by atoms with Crippen molar-refractivity contribution in [2.24, 2.45) is 5.16 Å². The molecule has 2 aromatic carbocycles. The molecule has 0 bridgehead atoms. The Bertz CT molecular complexity index is 519. The molecule has 0 fully saturated rings. The van der Waals surface area contributed by atoms with E-state index >= 15 is 0 Å². The summed E-state index contributed by atoms with van der Waals surface area (Å²) in [4.78, 5) is 0. The minimum Gasteiger partial charge on any atom is -0.411 e. The Labute approximate surface area is 114 Å². The first-order chi connectivity index (χ1) is 9.31. The fraction of sp³-hybridized carbons (Fsp3) is 0.235. The summed E-state index contributed by atoms with van der Waals surface area (Å²) in [5, 5.41) is 12.7. The molecule has 0 aromatic heterocycles. The van der Waals surface area contributed by atoms with Crippen LogP contribution in [-0.2, 0) is 6.42 Å². The minimum atomic E-state index is 0.148. The fourth-order valence-corrected chi connectivity index (χ4v) is 2.20. The molecular formula is C17H19NO. The van der Waals surface area contributed by atoms with Gasteiger partial charge in [0.15, 0.2) is 0 Å².